The summed E-state index contributed by atoms with van der Waals surface area (Å²) in [5, 5.41) is 5.31. The number of rotatable bonds is 6. The predicted octanol–water partition coefficient (Wildman–Crippen LogP) is 1.79. The Bertz CT molecular complexity index is 1020. The number of nitrogens with one attached hydrogen (secondary N) is 3. The normalized spacial score (nSPS) is 15.6. The Balaban J connectivity index is 1.70. The number of carbonyl (C=O) groups excluding carboxylic acids is 2. The highest BCUT2D eigenvalue weighted by molar-refractivity contribution is 7.92. The minimum absolute atomic E-state index is 0.184. The van der Waals surface area contributed by atoms with E-state index < -0.39 is 27.9 Å². The molecule has 1 atom stereocenters. The highest BCUT2D eigenvalue weighted by Crippen LogP contribution is 2.31. The molecule has 0 radical (unpaired) electrons. The minimum Gasteiger partial charge on any atom is -0.495 e. The number of fused-ring (bicyclic) bond motifs is 1. The Morgan fingerprint density at radius 3 is 2.71 bits per heavy atom. The van der Waals surface area contributed by atoms with Crippen molar-refractivity contribution in [1.82, 2.24) is 0 Å². The van der Waals surface area contributed by atoms with E-state index in [1.54, 1.807) is 30.3 Å². The van der Waals surface area contributed by atoms with Crippen LogP contribution in [0, 0.1) is 0 Å². The minimum atomic E-state index is -3.53. The van der Waals surface area contributed by atoms with Crippen LogP contribution in [0.3, 0.4) is 0 Å². The van der Waals surface area contributed by atoms with E-state index in [9.17, 15) is 18.0 Å². The molecular weight excluding hydrogens is 386 g/mol. The molecule has 148 valence electrons. The van der Waals surface area contributed by atoms with Gasteiger partial charge in [-0.1, -0.05) is 12.1 Å². The van der Waals surface area contributed by atoms with Gasteiger partial charge in [0.1, 0.15) is 11.5 Å². The van der Waals surface area contributed by atoms with Crippen LogP contribution < -0.4 is 24.8 Å². The Kier molecular flexibility index (Phi) is 5.41. The van der Waals surface area contributed by atoms with Crippen molar-refractivity contribution in [2.45, 2.75) is 12.5 Å². The topological polar surface area (TPSA) is 123 Å². The molecule has 0 unspecified atom stereocenters. The quantitative estimate of drug-likeness (QED) is 0.673. The van der Waals surface area contributed by atoms with Crippen LogP contribution in [-0.4, -0.2) is 39.7 Å². The molecule has 28 heavy (non-hydrogen) atoms. The molecule has 3 N–H and O–H groups in total. The van der Waals surface area contributed by atoms with Crippen LogP contribution in [-0.2, 0) is 19.6 Å². The number of anilines is 3. The number of amides is 2. The zero-order chi connectivity index (χ0) is 20.3. The summed E-state index contributed by atoms with van der Waals surface area (Å²) in [7, 11) is -2.13. The average molecular weight is 405 g/mol. The maximum Gasteiger partial charge on any atom is 0.266 e. The van der Waals surface area contributed by atoms with Crippen LogP contribution in [0.15, 0.2) is 42.5 Å². The third kappa shape index (κ3) is 4.71. The molecular formula is C18H19N3O6S. The largest absolute Gasteiger partial charge is 0.495 e. The fraction of sp³-hybridized carbons (Fsp3) is 0.222. The number of benzene rings is 2. The maximum atomic E-state index is 12.3. The summed E-state index contributed by atoms with van der Waals surface area (Å²) in [4.78, 5) is 24.5. The molecule has 0 bridgehead atoms. The highest BCUT2D eigenvalue weighted by atomic mass is 32.2. The molecule has 2 amide bonds. The molecule has 0 saturated heterocycles. The van der Waals surface area contributed by atoms with Crippen molar-refractivity contribution in [1.29, 1.82) is 0 Å². The summed E-state index contributed by atoms with van der Waals surface area (Å²) >= 11 is 0. The third-order valence-corrected chi connectivity index (χ3v) is 4.45. The van der Waals surface area contributed by atoms with E-state index >= 15 is 0 Å². The van der Waals surface area contributed by atoms with E-state index in [1.165, 1.54) is 19.2 Å². The maximum absolute atomic E-state index is 12.3. The number of sulfonamides is 1. The van der Waals surface area contributed by atoms with Gasteiger partial charge in [-0.05, 0) is 30.3 Å². The Hall–Kier alpha value is -3.27. The summed E-state index contributed by atoms with van der Waals surface area (Å²) in [6, 6.07) is 11.4. The fourth-order valence-corrected chi connectivity index (χ4v) is 3.23. The summed E-state index contributed by atoms with van der Waals surface area (Å²) in [6.45, 7) is 0. The lowest BCUT2D eigenvalue weighted by Crippen LogP contribution is -2.39. The highest BCUT2D eigenvalue weighted by Gasteiger charge is 2.29. The van der Waals surface area contributed by atoms with Gasteiger partial charge in [0.15, 0.2) is 6.10 Å². The molecule has 0 aliphatic carbocycles. The molecule has 0 fully saturated rings. The molecule has 0 aromatic heterocycles. The second kappa shape index (κ2) is 7.77. The van der Waals surface area contributed by atoms with E-state index in [0.29, 0.717) is 22.9 Å². The molecule has 2 aromatic rings. The van der Waals surface area contributed by atoms with Gasteiger partial charge < -0.3 is 20.1 Å². The third-order valence-electron chi connectivity index (χ3n) is 3.86. The average Bonchev–Trinajstić information content (AvgIpc) is 2.61. The van der Waals surface area contributed by atoms with E-state index in [0.717, 1.165) is 6.26 Å². The van der Waals surface area contributed by atoms with Crippen molar-refractivity contribution >= 4 is 38.9 Å². The van der Waals surface area contributed by atoms with Gasteiger partial charge in [0.2, 0.25) is 15.9 Å². The molecule has 1 heterocycles. The molecule has 2 aromatic carbocycles. The second-order valence-corrected chi connectivity index (χ2v) is 7.88. The SMILES string of the molecule is COc1ccc(NC(=O)C[C@H]2Oc3ccccc3NC2=O)cc1NS(C)(=O)=O. The molecule has 1 aliphatic heterocycles. The predicted molar refractivity (Wildman–Crippen MR) is 104 cm³/mol. The lowest BCUT2D eigenvalue weighted by molar-refractivity contribution is -0.128. The fourth-order valence-electron chi connectivity index (χ4n) is 2.67. The molecule has 0 spiro atoms. The zero-order valence-electron chi connectivity index (χ0n) is 15.2. The summed E-state index contributed by atoms with van der Waals surface area (Å²) in [5.41, 5.74) is 1.08. The number of para-hydroxylation sites is 2. The number of carbonyl (C=O) groups is 2. The standard InChI is InChI=1S/C18H19N3O6S/c1-26-14-8-7-11(9-13(14)21-28(2,24)25)19-17(22)10-16-18(23)20-12-5-3-4-6-15(12)27-16/h3-9,16,21H,10H2,1-2H3,(H,19,22)(H,20,23)/t16-/m1/s1. The van der Waals surface area contributed by atoms with Crippen molar-refractivity contribution in [3.05, 3.63) is 42.5 Å². The lowest BCUT2D eigenvalue weighted by Gasteiger charge is -2.25. The molecule has 9 nitrogen and oxygen atoms in total. The first-order chi connectivity index (χ1) is 13.2. The molecule has 3 rings (SSSR count). The van der Waals surface area contributed by atoms with Crippen molar-refractivity contribution < 1.29 is 27.5 Å². The van der Waals surface area contributed by atoms with Crippen LogP contribution >= 0.6 is 0 Å². The first kappa shape index (κ1) is 19.5. The van der Waals surface area contributed by atoms with E-state index in [1.807, 2.05) is 0 Å². The van der Waals surface area contributed by atoms with E-state index in [-0.39, 0.29) is 12.1 Å². The van der Waals surface area contributed by atoms with Crippen molar-refractivity contribution in [2.75, 3.05) is 28.7 Å². The Morgan fingerprint density at radius 1 is 1.25 bits per heavy atom. The van der Waals surface area contributed by atoms with Gasteiger partial charge in [-0.25, -0.2) is 8.42 Å². The van der Waals surface area contributed by atoms with Crippen molar-refractivity contribution in [3.8, 4) is 11.5 Å². The molecule has 10 heteroatoms. The second-order valence-electron chi connectivity index (χ2n) is 6.13. The first-order valence-corrected chi connectivity index (χ1v) is 10.2. The van der Waals surface area contributed by atoms with Crippen LogP contribution in [0.25, 0.3) is 0 Å². The van der Waals surface area contributed by atoms with Gasteiger partial charge in [-0.2, -0.15) is 0 Å². The van der Waals surface area contributed by atoms with Gasteiger partial charge in [0.25, 0.3) is 5.91 Å². The van der Waals surface area contributed by atoms with Gasteiger partial charge in [0, 0.05) is 5.69 Å². The van der Waals surface area contributed by atoms with Gasteiger partial charge in [-0.3, -0.25) is 14.3 Å². The van der Waals surface area contributed by atoms with Gasteiger partial charge >= 0.3 is 0 Å². The summed E-state index contributed by atoms with van der Waals surface area (Å²) in [5.74, 6) is -0.0861. The van der Waals surface area contributed by atoms with E-state index in [2.05, 4.69) is 15.4 Å². The summed E-state index contributed by atoms with van der Waals surface area (Å²) < 4.78 is 36.0. The Morgan fingerprint density at radius 2 is 2.00 bits per heavy atom. The molecule has 0 saturated carbocycles. The van der Waals surface area contributed by atoms with Crippen molar-refractivity contribution in [3.63, 3.8) is 0 Å². The zero-order valence-corrected chi connectivity index (χ0v) is 16.0. The number of hydrogen-bond acceptors (Lipinski definition) is 6. The lowest BCUT2D eigenvalue weighted by atomic mass is 10.1. The van der Waals surface area contributed by atoms with Crippen LogP contribution in [0.4, 0.5) is 17.1 Å². The Labute approximate surface area is 162 Å². The summed E-state index contributed by atoms with van der Waals surface area (Å²) in [6.07, 6.45) is -0.169. The van der Waals surface area contributed by atoms with Gasteiger partial charge in [0.05, 0.1) is 31.2 Å². The smallest absolute Gasteiger partial charge is 0.266 e. The number of hydrogen-bond donors (Lipinski definition) is 3. The van der Waals surface area contributed by atoms with Crippen LogP contribution in [0.2, 0.25) is 0 Å². The first-order valence-electron chi connectivity index (χ1n) is 8.27. The molecule has 1 aliphatic rings. The van der Waals surface area contributed by atoms with E-state index in [4.69, 9.17) is 9.47 Å². The monoisotopic (exact) mass is 405 g/mol. The number of methoxy groups -OCH3 is 1. The van der Waals surface area contributed by atoms with Crippen LogP contribution in [0.5, 0.6) is 11.5 Å². The number of ether oxygens (including phenoxy) is 2. The van der Waals surface area contributed by atoms with Crippen LogP contribution in [0.1, 0.15) is 6.42 Å². The van der Waals surface area contributed by atoms with Crippen molar-refractivity contribution in [2.24, 2.45) is 0 Å². The van der Waals surface area contributed by atoms with Gasteiger partial charge in [-0.15, -0.1) is 0 Å².